The molecular weight excluding hydrogens is 262 g/mol. The van der Waals surface area contributed by atoms with Gasteiger partial charge >= 0.3 is 0 Å². The predicted octanol–water partition coefficient (Wildman–Crippen LogP) is 2.82. The van der Waals surface area contributed by atoms with E-state index in [0.717, 1.165) is 17.7 Å². The summed E-state index contributed by atoms with van der Waals surface area (Å²) in [6.07, 6.45) is 6.43. The summed E-state index contributed by atoms with van der Waals surface area (Å²) in [4.78, 5) is 12.1. The second-order valence-electron chi connectivity index (χ2n) is 5.68. The van der Waals surface area contributed by atoms with Crippen LogP contribution in [0, 0.1) is 0 Å². The van der Waals surface area contributed by atoms with E-state index in [2.05, 4.69) is 41.6 Å². The van der Waals surface area contributed by atoms with Crippen molar-refractivity contribution in [3.8, 4) is 0 Å². The minimum absolute atomic E-state index is 0.0566. The van der Waals surface area contributed by atoms with Crippen LogP contribution in [-0.2, 0) is 13.0 Å². The number of hydrogen-bond acceptors (Lipinski definition) is 3. The van der Waals surface area contributed by atoms with Crippen LogP contribution in [0.3, 0.4) is 0 Å². The average Bonchev–Trinajstić information content (AvgIpc) is 2.46. The van der Waals surface area contributed by atoms with Gasteiger partial charge < -0.3 is 5.32 Å². The minimum Gasteiger partial charge on any atom is -0.381 e. The van der Waals surface area contributed by atoms with E-state index in [4.69, 9.17) is 0 Å². The molecule has 0 spiro atoms. The average molecular weight is 283 g/mol. The van der Waals surface area contributed by atoms with Gasteiger partial charge in [-0.2, -0.15) is 5.10 Å². The molecule has 1 saturated carbocycles. The summed E-state index contributed by atoms with van der Waals surface area (Å²) in [5.41, 5.74) is 3.18. The van der Waals surface area contributed by atoms with Gasteiger partial charge in [0.2, 0.25) is 0 Å². The number of nitrogens with one attached hydrogen (secondary N) is 1. The van der Waals surface area contributed by atoms with Gasteiger partial charge in [0.25, 0.3) is 5.56 Å². The Morgan fingerprint density at radius 2 is 1.95 bits per heavy atom. The molecule has 4 heteroatoms. The third-order valence-corrected chi connectivity index (χ3v) is 4.11. The van der Waals surface area contributed by atoms with Crippen LogP contribution >= 0.6 is 0 Å². The number of hydrogen-bond donors (Lipinski definition) is 1. The van der Waals surface area contributed by atoms with E-state index in [0.29, 0.717) is 12.6 Å². The first-order valence-corrected chi connectivity index (χ1v) is 7.66. The van der Waals surface area contributed by atoms with Crippen LogP contribution in [-0.4, -0.2) is 15.8 Å². The van der Waals surface area contributed by atoms with Gasteiger partial charge in [-0.05, 0) is 36.8 Å². The zero-order valence-electron chi connectivity index (χ0n) is 12.4. The monoisotopic (exact) mass is 283 g/mol. The fourth-order valence-corrected chi connectivity index (χ4v) is 2.47. The molecule has 1 fully saturated rings. The summed E-state index contributed by atoms with van der Waals surface area (Å²) in [7, 11) is 0. The third kappa shape index (κ3) is 3.32. The van der Waals surface area contributed by atoms with Gasteiger partial charge in [-0.15, -0.1) is 0 Å². The summed E-state index contributed by atoms with van der Waals surface area (Å²) >= 11 is 0. The maximum Gasteiger partial charge on any atom is 0.269 e. The van der Waals surface area contributed by atoms with Crippen LogP contribution in [0.4, 0.5) is 5.69 Å². The SMILES string of the molecule is CCc1ccc(Cn2ncc(NC3CCC3)cc2=O)cc1. The Morgan fingerprint density at radius 3 is 2.52 bits per heavy atom. The second-order valence-corrected chi connectivity index (χ2v) is 5.68. The van der Waals surface area contributed by atoms with Crippen molar-refractivity contribution in [1.29, 1.82) is 0 Å². The normalized spacial score (nSPS) is 14.7. The van der Waals surface area contributed by atoms with E-state index in [1.807, 2.05) is 0 Å². The van der Waals surface area contributed by atoms with E-state index < -0.39 is 0 Å². The van der Waals surface area contributed by atoms with E-state index in [-0.39, 0.29) is 5.56 Å². The molecule has 2 aromatic rings. The summed E-state index contributed by atoms with van der Waals surface area (Å²) in [5, 5.41) is 7.62. The molecule has 1 aliphatic carbocycles. The Bertz CT molecular complexity index is 656. The molecule has 1 aliphatic rings. The van der Waals surface area contributed by atoms with Crippen LogP contribution in [0.1, 0.15) is 37.3 Å². The molecule has 21 heavy (non-hydrogen) atoms. The highest BCUT2D eigenvalue weighted by atomic mass is 16.1. The van der Waals surface area contributed by atoms with E-state index >= 15 is 0 Å². The number of nitrogens with zero attached hydrogens (tertiary/aromatic N) is 2. The van der Waals surface area contributed by atoms with Crippen molar-refractivity contribution < 1.29 is 0 Å². The maximum absolute atomic E-state index is 12.1. The molecule has 0 unspecified atom stereocenters. The van der Waals surface area contributed by atoms with Crippen LogP contribution in [0.15, 0.2) is 41.3 Å². The van der Waals surface area contributed by atoms with Crippen molar-refractivity contribution in [3.05, 3.63) is 58.0 Å². The molecule has 0 aliphatic heterocycles. The lowest BCUT2D eigenvalue weighted by Gasteiger charge is -2.27. The zero-order valence-corrected chi connectivity index (χ0v) is 12.4. The zero-order chi connectivity index (χ0) is 14.7. The lowest BCUT2D eigenvalue weighted by molar-refractivity contribution is 0.445. The lowest BCUT2D eigenvalue weighted by atomic mass is 9.93. The first kappa shape index (κ1) is 13.9. The van der Waals surface area contributed by atoms with Gasteiger partial charge in [0.15, 0.2) is 0 Å². The highest BCUT2D eigenvalue weighted by molar-refractivity contribution is 5.40. The summed E-state index contributed by atoms with van der Waals surface area (Å²) in [5.74, 6) is 0. The first-order chi connectivity index (χ1) is 10.2. The van der Waals surface area contributed by atoms with Crippen LogP contribution in [0.2, 0.25) is 0 Å². The molecule has 1 N–H and O–H groups in total. The Morgan fingerprint density at radius 1 is 1.24 bits per heavy atom. The molecule has 0 bridgehead atoms. The van der Waals surface area contributed by atoms with Crippen molar-refractivity contribution in [2.75, 3.05) is 5.32 Å². The largest absolute Gasteiger partial charge is 0.381 e. The maximum atomic E-state index is 12.1. The quantitative estimate of drug-likeness (QED) is 0.918. The molecule has 0 atom stereocenters. The minimum atomic E-state index is -0.0566. The Labute approximate surface area is 124 Å². The summed E-state index contributed by atoms with van der Waals surface area (Å²) < 4.78 is 1.51. The van der Waals surface area contributed by atoms with Crippen LogP contribution in [0.5, 0.6) is 0 Å². The molecule has 1 heterocycles. The lowest BCUT2D eigenvalue weighted by Crippen LogP contribution is -2.29. The van der Waals surface area contributed by atoms with E-state index in [9.17, 15) is 4.79 Å². The van der Waals surface area contributed by atoms with Crippen molar-refractivity contribution in [2.24, 2.45) is 0 Å². The fraction of sp³-hybridized carbons (Fsp3) is 0.412. The predicted molar refractivity (Wildman–Crippen MR) is 84.7 cm³/mol. The van der Waals surface area contributed by atoms with E-state index in [1.54, 1.807) is 12.3 Å². The van der Waals surface area contributed by atoms with Gasteiger partial charge in [-0.25, -0.2) is 4.68 Å². The van der Waals surface area contributed by atoms with Gasteiger partial charge in [0.1, 0.15) is 0 Å². The Hall–Kier alpha value is -2.10. The summed E-state index contributed by atoms with van der Waals surface area (Å²) in [6.45, 7) is 2.65. The molecular formula is C17H21N3O. The number of rotatable bonds is 5. The second kappa shape index (κ2) is 6.12. The third-order valence-electron chi connectivity index (χ3n) is 4.11. The van der Waals surface area contributed by atoms with Crippen molar-refractivity contribution in [2.45, 2.75) is 45.2 Å². The smallest absolute Gasteiger partial charge is 0.269 e. The molecule has 110 valence electrons. The van der Waals surface area contributed by atoms with Crippen LogP contribution in [0.25, 0.3) is 0 Å². The summed E-state index contributed by atoms with van der Waals surface area (Å²) in [6, 6.07) is 10.5. The Balaban J connectivity index is 1.71. The fourth-order valence-electron chi connectivity index (χ4n) is 2.47. The Kier molecular flexibility index (Phi) is 4.04. The van der Waals surface area contributed by atoms with Crippen molar-refractivity contribution in [3.63, 3.8) is 0 Å². The molecule has 0 amide bonds. The number of aryl methyl sites for hydroxylation is 1. The molecule has 1 aromatic heterocycles. The van der Waals surface area contributed by atoms with Crippen molar-refractivity contribution in [1.82, 2.24) is 9.78 Å². The van der Waals surface area contributed by atoms with Gasteiger partial charge in [0, 0.05) is 12.1 Å². The van der Waals surface area contributed by atoms with Gasteiger partial charge in [0.05, 0.1) is 18.4 Å². The van der Waals surface area contributed by atoms with Gasteiger partial charge in [-0.3, -0.25) is 4.79 Å². The molecule has 0 saturated heterocycles. The van der Waals surface area contributed by atoms with Crippen LogP contribution < -0.4 is 10.9 Å². The first-order valence-electron chi connectivity index (χ1n) is 7.66. The number of benzene rings is 1. The number of anilines is 1. The highest BCUT2D eigenvalue weighted by Gasteiger charge is 2.17. The molecule has 3 rings (SSSR count). The molecule has 0 radical (unpaired) electrons. The molecule has 1 aromatic carbocycles. The standard InChI is InChI=1S/C17H21N3O/c1-2-13-6-8-14(9-7-13)12-20-17(21)10-16(11-18-20)19-15-4-3-5-15/h6-11,15,19H,2-5,12H2,1H3. The topological polar surface area (TPSA) is 46.9 Å². The number of aromatic nitrogens is 2. The van der Waals surface area contributed by atoms with Gasteiger partial charge in [-0.1, -0.05) is 31.2 Å². The van der Waals surface area contributed by atoms with E-state index in [1.165, 1.54) is 29.5 Å². The molecule has 4 nitrogen and oxygen atoms in total. The van der Waals surface area contributed by atoms with Crippen molar-refractivity contribution >= 4 is 5.69 Å². The highest BCUT2D eigenvalue weighted by Crippen LogP contribution is 2.22.